The summed E-state index contributed by atoms with van der Waals surface area (Å²) >= 11 is 12.1. The fraction of sp³-hybridized carbons (Fsp3) is 0.211. The Bertz CT molecular complexity index is 1040. The molecule has 6 nitrogen and oxygen atoms in total. The lowest BCUT2D eigenvalue weighted by Crippen LogP contribution is -2.31. The summed E-state index contributed by atoms with van der Waals surface area (Å²) in [6.45, 7) is 2.30. The molecule has 2 heterocycles. The summed E-state index contributed by atoms with van der Waals surface area (Å²) in [6.07, 6.45) is 0. The maximum atomic E-state index is 12.3. The molecule has 0 unspecified atom stereocenters. The van der Waals surface area contributed by atoms with Crippen LogP contribution in [0.15, 0.2) is 47.3 Å². The molecule has 0 aliphatic carbocycles. The van der Waals surface area contributed by atoms with Gasteiger partial charge in [-0.25, -0.2) is 4.98 Å². The van der Waals surface area contributed by atoms with E-state index in [-0.39, 0.29) is 18.0 Å². The van der Waals surface area contributed by atoms with Gasteiger partial charge in [0.25, 0.3) is 5.56 Å². The molecule has 1 N–H and O–H groups in total. The molecule has 0 spiro atoms. The Balaban J connectivity index is 1.70. The maximum absolute atomic E-state index is 12.3. The van der Waals surface area contributed by atoms with Crippen LogP contribution < -0.4 is 10.9 Å². The van der Waals surface area contributed by atoms with E-state index in [1.807, 2.05) is 19.1 Å². The third-order valence-corrected chi connectivity index (χ3v) is 4.64. The number of rotatable bonds is 5. The number of benzene rings is 1. The van der Waals surface area contributed by atoms with E-state index in [0.717, 1.165) is 5.69 Å². The first kappa shape index (κ1) is 19.4. The summed E-state index contributed by atoms with van der Waals surface area (Å²) in [7, 11) is 1.77. The van der Waals surface area contributed by atoms with E-state index >= 15 is 0 Å². The number of pyridine rings is 1. The predicted molar refractivity (Wildman–Crippen MR) is 108 cm³/mol. The van der Waals surface area contributed by atoms with E-state index in [1.54, 1.807) is 40.6 Å². The van der Waals surface area contributed by atoms with E-state index in [4.69, 9.17) is 23.2 Å². The molecule has 0 aliphatic rings. The van der Waals surface area contributed by atoms with Crippen molar-refractivity contribution in [2.45, 2.75) is 13.5 Å². The van der Waals surface area contributed by atoms with Gasteiger partial charge in [0.15, 0.2) is 0 Å². The van der Waals surface area contributed by atoms with Gasteiger partial charge in [0.1, 0.15) is 5.65 Å². The summed E-state index contributed by atoms with van der Waals surface area (Å²) in [5.41, 5.74) is 2.24. The highest BCUT2D eigenvalue weighted by atomic mass is 35.5. The van der Waals surface area contributed by atoms with E-state index in [2.05, 4.69) is 10.3 Å². The number of anilines is 1. The van der Waals surface area contributed by atoms with Crippen LogP contribution in [-0.2, 0) is 11.3 Å². The van der Waals surface area contributed by atoms with Gasteiger partial charge in [-0.1, -0.05) is 35.3 Å². The molecule has 0 bridgehead atoms. The van der Waals surface area contributed by atoms with Crippen molar-refractivity contribution < 1.29 is 4.79 Å². The molecule has 0 saturated carbocycles. The number of likely N-dealkylation sites (N-methyl/N-ethyl adjacent to an activating group) is 1. The Labute approximate surface area is 166 Å². The zero-order chi connectivity index (χ0) is 19.6. The number of halogens is 2. The highest BCUT2D eigenvalue weighted by Crippen LogP contribution is 2.29. The van der Waals surface area contributed by atoms with Gasteiger partial charge in [0.2, 0.25) is 5.91 Å². The number of aromatic nitrogens is 2. The van der Waals surface area contributed by atoms with Gasteiger partial charge in [0.05, 0.1) is 28.0 Å². The lowest BCUT2D eigenvalue weighted by Gasteiger charge is -2.17. The molecule has 3 rings (SSSR count). The number of aryl methyl sites for hydroxylation is 1. The molecule has 3 aromatic rings. The molecule has 27 heavy (non-hydrogen) atoms. The van der Waals surface area contributed by atoms with Crippen LogP contribution in [0.4, 0.5) is 5.69 Å². The van der Waals surface area contributed by atoms with Gasteiger partial charge < -0.3 is 5.32 Å². The first-order valence-electron chi connectivity index (χ1n) is 8.26. The van der Waals surface area contributed by atoms with Crippen LogP contribution in [0.2, 0.25) is 10.0 Å². The second-order valence-corrected chi connectivity index (χ2v) is 7.08. The Morgan fingerprint density at radius 3 is 2.56 bits per heavy atom. The summed E-state index contributed by atoms with van der Waals surface area (Å²) in [6, 6.07) is 12.0. The highest BCUT2D eigenvalue weighted by Gasteiger charge is 2.13. The van der Waals surface area contributed by atoms with Crippen molar-refractivity contribution in [3.63, 3.8) is 0 Å². The second kappa shape index (κ2) is 8.08. The van der Waals surface area contributed by atoms with Crippen LogP contribution in [0.5, 0.6) is 0 Å². The molecule has 0 saturated heterocycles. The fourth-order valence-electron chi connectivity index (χ4n) is 2.82. The van der Waals surface area contributed by atoms with Gasteiger partial charge in [-0.3, -0.25) is 18.9 Å². The van der Waals surface area contributed by atoms with E-state index in [1.165, 1.54) is 6.07 Å². The minimum absolute atomic E-state index is 0.0937. The van der Waals surface area contributed by atoms with Gasteiger partial charge in [-0.2, -0.15) is 0 Å². The smallest absolute Gasteiger partial charge is 0.258 e. The zero-order valence-electron chi connectivity index (χ0n) is 14.9. The molecule has 1 aromatic carbocycles. The van der Waals surface area contributed by atoms with Crippen LogP contribution >= 0.6 is 23.2 Å². The van der Waals surface area contributed by atoms with E-state index < -0.39 is 0 Å². The van der Waals surface area contributed by atoms with Crippen LogP contribution in [0, 0.1) is 6.92 Å². The molecule has 1 amide bonds. The summed E-state index contributed by atoms with van der Waals surface area (Å²) in [5, 5.41) is 3.46. The number of carbonyl (C=O) groups excluding carboxylic acids is 1. The lowest BCUT2D eigenvalue weighted by molar-refractivity contribution is -0.117. The third kappa shape index (κ3) is 4.47. The number of fused-ring (bicyclic) bond motifs is 1. The topological polar surface area (TPSA) is 66.7 Å². The first-order chi connectivity index (χ1) is 12.8. The second-order valence-electron chi connectivity index (χ2n) is 6.26. The lowest BCUT2D eigenvalue weighted by atomic mass is 10.3. The zero-order valence-corrected chi connectivity index (χ0v) is 16.4. The predicted octanol–water partition coefficient (Wildman–Crippen LogP) is 3.38. The maximum Gasteiger partial charge on any atom is 0.258 e. The van der Waals surface area contributed by atoms with Gasteiger partial charge in [0, 0.05) is 18.3 Å². The summed E-state index contributed by atoms with van der Waals surface area (Å²) in [5.74, 6) is -0.263. The molecule has 8 heteroatoms. The van der Waals surface area contributed by atoms with Gasteiger partial charge >= 0.3 is 0 Å². The molecule has 0 atom stereocenters. The van der Waals surface area contributed by atoms with Crippen LogP contribution in [-0.4, -0.2) is 33.8 Å². The van der Waals surface area contributed by atoms with Crippen molar-refractivity contribution >= 4 is 40.4 Å². The average molecular weight is 405 g/mol. The van der Waals surface area contributed by atoms with Gasteiger partial charge in [-0.05, 0) is 38.2 Å². The van der Waals surface area contributed by atoms with Crippen molar-refractivity contribution in [3.8, 4) is 0 Å². The first-order valence-corrected chi connectivity index (χ1v) is 9.01. The number of hydrogen-bond donors (Lipinski definition) is 1. The Hall–Kier alpha value is -2.41. The standard InChI is InChI=1S/C19H18Cl2N4O2/c1-12-5-3-8-16-22-13(9-18(27)25(12)16)10-24(2)11-17(26)23-19-14(20)6-4-7-15(19)21/h3-9H,10-11H2,1-2H3,(H,23,26). The number of amides is 1. The van der Waals surface area contributed by atoms with Crippen molar-refractivity contribution in [1.29, 1.82) is 0 Å². The SMILES string of the molecule is Cc1cccc2nc(CN(C)CC(=O)Nc3c(Cl)cccc3Cl)cc(=O)n12. The van der Waals surface area contributed by atoms with Crippen LogP contribution in [0.1, 0.15) is 11.4 Å². The number of para-hydroxylation sites is 1. The molecular weight excluding hydrogens is 387 g/mol. The van der Waals surface area contributed by atoms with Gasteiger partial charge in [-0.15, -0.1) is 0 Å². The van der Waals surface area contributed by atoms with Crippen molar-refractivity contribution in [3.05, 3.63) is 74.3 Å². The van der Waals surface area contributed by atoms with E-state index in [0.29, 0.717) is 33.6 Å². The Kier molecular flexibility index (Phi) is 5.79. The third-order valence-electron chi connectivity index (χ3n) is 4.01. The number of nitrogens with zero attached hydrogens (tertiary/aromatic N) is 3. The quantitative estimate of drug-likeness (QED) is 0.707. The number of carbonyl (C=O) groups is 1. The molecule has 2 aromatic heterocycles. The number of nitrogens with one attached hydrogen (secondary N) is 1. The Morgan fingerprint density at radius 1 is 1.19 bits per heavy atom. The molecular formula is C19H18Cl2N4O2. The average Bonchev–Trinajstić information content (AvgIpc) is 2.58. The molecule has 0 aliphatic heterocycles. The molecule has 0 radical (unpaired) electrons. The highest BCUT2D eigenvalue weighted by molar-refractivity contribution is 6.39. The minimum Gasteiger partial charge on any atom is -0.322 e. The fourth-order valence-corrected chi connectivity index (χ4v) is 3.31. The van der Waals surface area contributed by atoms with Crippen molar-refractivity contribution in [2.75, 3.05) is 18.9 Å². The summed E-state index contributed by atoms with van der Waals surface area (Å²) in [4.78, 5) is 30.9. The van der Waals surface area contributed by atoms with Crippen LogP contribution in [0.3, 0.4) is 0 Å². The van der Waals surface area contributed by atoms with E-state index in [9.17, 15) is 9.59 Å². The normalized spacial score (nSPS) is 11.1. The summed E-state index contributed by atoms with van der Waals surface area (Å²) < 4.78 is 1.55. The van der Waals surface area contributed by atoms with Crippen LogP contribution in [0.25, 0.3) is 5.65 Å². The Morgan fingerprint density at radius 2 is 1.85 bits per heavy atom. The van der Waals surface area contributed by atoms with Crippen molar-refractivity contribution in [2.24, 2.45) is 0 Å². The van der Waals surface area contributed by atoms with Crippen molar-refractivity contribution in [1.82, 2.24) is 14.3 Å². The monoisotopic (exact) mass is 404 g/mol. The molecule has 140 valence electrons. The molecule has 0 fully saturated rings. The minimum atomic E-state index is -0.263. The largest absolute Gasteiger partial charge is 0.322 e. The number of hydrogen-bond acceptors (Lipinski definition) is 4.